The fraction of sp³-hybridized carbons (Fsp3) is 0.778. The van der Waals surface area contributed by atoms with E-state index >= 15 is 0 Å². The Morgan fingerprint density at radius 1 is 1.42 bits per heavy atom. The Balaban J connectivity index is 2.11. The van der Waals surface area contributed by atoms with Gasteiger partial charge in [0.05, 0.1) is 11.9 Å². The first-order valence-corrected chi connectivity index (χ1v) is 4.73. The second-order valence-electron chi connectivity index (χ2n) is 3.76. The maximum atomic E-state index is 4.15. The van der Waals surface area contributed by atoms with E-state index in [0.29, 0.717) is 5.92 Å². The topological polar surface area (TPSA) is 41.6 Å². The van der Waals surface area contributed by atoms with E-state index in [4.69, 9.17) is 0 Å². The fourth-order valence-corrected chi connectivity index (χ4v) is 2.14. The van der Waals surface area contributed by atoms with Crippen molar-refractivity contribution in [2.45, 2.75) is 38.5 Å². The minimum Gasteiger partial charge on any atom is -0.198 e. The van der Waals surface area contributed by atoms with Gasteiger partial charge in [-0.1, -0.05) is 26.2 Å². The van der Waals surface area contributed by atoms with E-state index in [0.717, 1.165) is 11.6 Å². The Hall–Kier alpha value is -0.860. The van der Waals surface area contributed by atoms with Crippen LogP contribution in [0.5, 0.6) is 0 Å². The van der Waals surface area contributed by atoms with Crippen LogP contribution in [-0.2, 0) is 0 Å². The first-order chi connectivity index (χ1) is 5.88. The van der Waals surface area contributed by atoms with Crippen LogP contribution in [0.4, 0.5) is 0 Å². The quantitative estimate of drug-likeness (QED) is 0.692. The predicted octanol–water partition coefficient (Wildman–Crippen LogP) is 2.10. The number of hydrogen-bond acceptors (Lipinski definition) is 2. The second kappa shape index (κ2) is 3.25. The van der Waals surface area contributed by atoms with Gasteiger partial charge in [0.2, 0.25) is 0 Å². The first kappa shape index (κ1) is 7.77. The summed E-state index contributed by atoms with van der Waals surface area (Å²) in [7, 11) is 0. The Morgan fingerprint density at radius 2 is 2.25 bits per heavy atom. The van der Waals surface area contributed by atoms with E-state index in [-0.39, 0.29) is 0 Å². The first-order valence-electron chi connectivity index (χ1n) is 4.73. The molecule has 0 amide bonds. The molecule has 0 spiro atoms. The minimum atomic E-state index is 0.650. The highest BCUT2D eigenvalue weighted by Crippen LogP contribution is 2.35. The van der Waals surface area contributed by atoms with Crippen molar-refractivity contribution in [1.82, 2.24) is 15.4 Å². The van der Waals surface area contributed by atoms with Gasteiger partial charge in [-0.05, 0) is 12.3 Å². The molecule has 3 heteroatoms. The van der Waals surface area contributed by atoms with Crippen LogP contribution in [0.25, 0.3) is 0 Å². The molecule has 0 radical (unpaired) electrons. The normalized spacial score (nSPS) is 30.4. The molecule has 2 rings (SSSR count). The molecule has 12 heavy (non-hydrogen) atoms. The third-order valence-corrected chi connectivity index (χ3v) is 2.93. The lowest BCUT2D eigenvalue weighted by molar-refractivity contribution is 0.325. The number of hydrogen-bond donors (Lipinski definition) is 1. The number of rotatable bonds is 1. The van der Waals surface area contributed by atoms with Crippen LogP contribution in [0.3, 0.4) is 0 Å². The lowest BCUT2D eigenvalue weighted by atomic mass is 9.79. The highest BCUT2D eigenvalue weighted by atomic mass is 15.3. The van der Waals surface area contributed by atoms with Gasteiger partial charge >= 0.3 is 0 Å². The summed E-state index contributed by atoms with van der Waals surface area (Å²) in [6.45, 7) is 2.32. The van der Waals surface area contributed by atoms with Gasteiger partial charge in [0.15, 0.2) is 0 Å². The number of aromatic nitrogens is 3. The zero-order valence-electron chi connectivity index (χ0n) is 7.45. The van der Waals surface area contributed by atoms with Crippen molar-refractivity contribution in [2.24, 2.45) is 5.92 Å². The lowest BCUT2D eigenvalue weighted by Crippen LogP contribution is -2.15. The van der Waals surface area contributed by atoms with E-state index in [2.05, 4.69) is 22.3 Å². The molecule has 1 saturated carbocycles. The smallest absolute Gasteiger partial charge is 0.0858 e. The minimum absolute atomic E-state index is 0.650. The monoisotopic (exact) mass is 165 g/mol. The van der Waals surface area contributed by atoms with Gasteiger partial charge in [-0.15, -0.1) is 0 Å². The Labute approximate surface area is 72.6 Å². The summed E-state index contributed by atoms with van der Waals surface area (Å²) in [6.07, 6.45) is 7.23. The van der Waals surface area contributed by atoms with E-state index in [1.807, 2.05) is 6.20 Å². The number of nitrogens with zero attached hydrogens (tertiary/aromatic N) is 2. The fourth-order valence-electron chi connectivity index (χ4n) is 2.14. The number of aromatic amines is 1. The van der Waals surface area contributed by atoms with E-state index in [1.165, 1.54) is 25.7 Å². The van der Waals surface area contributed by atoms with E-state index in [9.17, 15) is 0 Å². The Kier molecular flexibility index (Phi) is 2.11. The summed E-state index contributed by atoms with van der Waals surface area (Å²) in [5, 5.41) is 10.7. The average Bonchev–Trinajstić information content (AvgIpc) is 2.57. The van der Waals surface area contributed by atoms with Crippen molar-refractivity contribution in [1.29, 1.82) is 0 Å². The van der Waals surface area contributed by atoms with Crippen LogP contribution in [0.1, 0.15) is 44.2 Å². The molecule has 0 aromatic carbocycles. The number of nitrogens with one attached hydrogen (secondary N) is 1. The highest BCUT2D eigenvalue weighted by Gasteiger charge is 2.24. The molecule has 0 aliphatic heterocycles. The maximum absolute atomic E-state index is 4.15. The number of H-pyrrole nitrogens is 1. The molecule has 1 N–H and O–H groups in total. The van der Waals surface area contributed by atoms with Gasteiger partial charge in [0, 0.05) is 5.92 Å². The van der Waals surface area contributed by atoms with Crippen molar-refractivity contribution < 1.29 is 0 Å². The molecule has 0 bridgehead atoms. The Morgan fingerprint density at radius 3 is 2.92 bits per heavy atom. The van der Waals surface area contributed by atoms with Crippen molar-refractivity contribution in [3.63, 3.8) is 0 Å². The van der Waals surface area contributed by atoms with Crippen molar-refractivity contribution in [3.05, 3.63) is 11.9 Å². The molecular weight excluding hydrogens is 150 g/mol. The van der Waals surface area contributed by atoms with Gasteiger partial charge in [0.25, 0.3) is 0 Å². The van der Waals surface area contributed by atoms with Crippen LogP contribution in [0.15, 0.2) is 6.20 Å². The van der Waals surface area contributed by atoms with Gasteiger partial charge in [0.1, 0.15) is 0 Å². The lowest BCUT2D eigenvalue weighted by Gasteiger charge is -2.26. The molecule has 0 unspecified atom stereocenters. The Bertz CT molecular complexity index is 230. The zero-order chi connectivity index (χ0) is 8.39. The summed E-state index contributed by atoms with van der Waals surface area (Å²) >= 11 is 0. The largest absolute Gasteiger partial charge is 0.198 e. The summed E-state index contributed by atoms with van der Waals surface area (Å²) in [5.74, 6) is 1.43. The second-order valence-corrected chi connectivity index (χ2v) is 3.76. The molecule has 1 aliphatic carbocycles. The van der Waals surface area contributed by atoms with Crippen LogP contribution in [-0.4, -0.2) is 15.4 Å². The molecule has 1 fully saturated rings. The third kappa shape index (κ3) is 1.36. The van der Waals surface area contributed by atoms with E-state index < -0.39 is 0 Å². The summed E-state index contributed by atoms with van der Waals surface area (Å²) in [4.78, 5) is 0. The van der Waals surface area contributed by atoms with Gasteiger partial charge in [-0.2, -0.15) is 15.4 Å². The van der Waals surface area contributed by atoms with E-state index in [1.54, 1.807) is 0 Å². The van der Waals surface area contributed by atoms with Crippen LogP contribution >= 0.6 is 0 Å². The standard InChI is InChI=1S/C9H15N3/c1-7-4-2-3-5-8(7)9-6-10-12-11-9/h6-8H,2-5H2,1H3,(H,10,11,12)/t7-,8+/m0/s1. The summed E-state index contributed by atoms with van der Waals surface area (Å²) < 4.78 is 0. The highest BCUT2D eigenvalue weighted by molar-refractivity contribution is 5.03. The predicted molar refractivity (Wildman–Crippen MR) is 46.8 cm³/mol. The molecule has 1 aliphatic rings. The van der Waals surface area contributed by atoms with Crippen LogP contribution in [0.2, 0.25) is 0 Å². The average molecular weight is 165 g/mol. The summed E-state index contributed by atoms with van der Waals surface area (Å²) in [5.41, 5.74) is 1.15. The molecule has 3 nitrogen and oxygen atoms in total. The molecule has 66 valence electrons. The van der Waals surface area contributed by atoms with Gasteiger partial charge in [-0.3, -0.25) is 0 Å². The zero-order valence-corrected chi connectivity index (χ0v) is 7.45. The van der Waals surface area contributed by atoms with Gasteiger partial charge in [-0.25, -0.2) is 0 Å². The van der Waals surface area contributed by atoms with Crippen LogP contribution in [0, 0.1) is 5.92 Å². The molecule has 1 aromatic rings. The molecule has 2 atom stereocenters. The molecule has 1 aromatic heterocycles. The third-order valence-electron chi connectivity index (χ3n) is 2.93. The van der Waals surface area contributed by atoms with Crippen molar-refractivity contribution >= 4 is 0 Å². The molecule has 0 saturated heterocycles. The molecular formula is C9H15N3. The SMILES string of the molecule is C[C@H]1CCCC[C@H]1c1cn[nH]n1. The maximum Gasteiger partial charge on any atom is 0.0858 e. The van der Waals surface area contributed by atoms with Gasteiger partial charge < -0.3 is 0 Å². The molecule has 1 heterocycles. The van der Waals surface area contributed by atoms with Crippen LogP contribution < -0.4 is 0 Å². The van der Waals surface area contributed by atoms with Crippen molar-refractivity contribution in [2.75, 3.05) is 0 Å². The summed E-state index contributed by atoms with van der Waals surface area (Å²) in [6, 6.07) is 0. The van der Waals surface area contributed by atoms with Crippen molar-refractivity contribution in [3.8, 4) is 0 Å².